The molecule has 7 heteroatoms. The minimum Gasteiger partial charge on any atom is -0.328 e. The molecular weight excluding hydrogens is 393 g/mol. The molecule has 5 rings (SSSR count). The molecule has 3 heterocycles. The third-order valence-electron chi connectivity index (χ3n) is 5.74. The van der Waals surface area contributed by atoms with Gasteiger partial charge in [-0.2, -0.15) is 15.3 Å². The summed E-state index contributed by atoms with van der Waals surface area (Å²) in [5, 5.41) is 14.8. The Hall–Kier alpha value is -3.61. The van der Waals surface area contributed by atoms with Crippen molar-refractivity contribution in [2.75, 3.05) is 0 Å². The Labute approximate surface area is 179 Å². The van der Waals surface area contributed by atoms with E-state index >= 15 is 0 Å². The summed E-state index contributed by atoms with van der Waals surface area (Å²) in [5.41, 5.74) is 3.74. The zero-order valence-electron chi connectivity index (χ0n) is 17.4. The lowest BCUT2D eigenvalue weighted by molar-refractivity contribution is 0.0742. The van der Waals surface area contributed by atoms with Crippen molar-refractivity contribution in [1.29, 1.82) is 0 Å². The first-order valence-corrected chi connectivity index (χ1v) is 10.3. The number of aromatic nitrogens is 4. The summed E-state index contributed by atoms with van der Waals surface area (Å²) in [4.78, 5) is 14.8. The molecule has 0 unspecified atom stereocenters. The maximum absolute atomic E-state index is 14.6. The number of benzene rings is 2. The first-order valence-electron chi connectivity index (χ1n) is 10.3. The lowest BCUT2D eigenvalue weighted by atomic mass is 10.0. The maximum Gasteiger partial charge on any atom is 0.257 e. The monoisotopic (exact) mass is 415 g/mol. The molecule has 0 saturated heterocycles. The van der Waals surface area contributed by atoms with Gasteiger partial charge in [0.15, 0.2) is 0 Å². The van der Waals surface area contributed by atoms with Gasteiger partial charge >= 0.3 is 0 Å². The van der Waals surface area contributed by atoms with Gasteiger partial charge in [0.05, 0.1) is 35.9 Å². The van der Waals surface area contributed by atoms with E-state index in [1.165, 1.54) is 6.07 Å². The molecular formula is C24H22FN5O. The quantitative estimate of drug-likeness (QED) is 0.499. The predicted molar refractivity (Wildman–Crippen MR) is 115 cm³/mol. The van der Waals surface area contributed by atoms with Gasteiger partial charge in [-0.15, -0.1) is 0 Å². The number of hydrogen-bond acceptors (Lipinski definition) is 4. The molecule has 0 spiro atoms. The number of amides is 1. The van der Waals surface area contributed by atoms with E-state index < -0.39 is 5.82 Å². The van der Waals surface area contributed by atoms with Crippen molar-refractivity contribution < 1.29 is 9.18 Å². The van der Waals surface area contributed by atoms with Gasteiger partial charge in [0.1, 0.15) is 5.82 Å². The summed E-state index contributed by atoms with van der Waals surface area (Å²) in [6.45, 7) is 4.98. The molecule has 31 heavy (non-hydrogen) atoms. The van der Waals surface area contributed by atoms with Crippen LogP contribution in [0.3, 0.4) is 0 Å². The summed E-state index contributed by atoms with van der Waals surface area (Å²) in [5.74, 6) is -0.825. The molecule has 4 aromatic rings. The van der Waals surface area contributed by atoms with Crippen LogP contribution in [0, 0.1) is 5.82 Å². The minimum absolute atomic E-state index is 0.0832. The van der Waals surface area contributed by atoms with Crippen molar-refractivity contribution in [2.45, 2.75) is 39.4 Å². The SMILES string of the molecule is CC(C)n1ncc2c1CN(C(=O)c1cc(Cc3nncc4ccccc34)ccc1F)C2. The van der Waals surface area contributed by atoms with Crippen molar-refractivity contribution in [2.24, 2.45) is 0 Å². The van der Waals surface area contributed by atoms with Crippen LogP contribution in [0.4, 0.5) is 4.39 Å². The second-order valence-electron chi connectivity index (χ2n) is 8.19. The van der Waals surface area contributed by atoms with E-state index in [-0.39, 0.29) is 17.5 Å². The van der Waals surface area contributed by atoms with Gasteiger partial charge in [-0.1, -0.05) is 30.3 Å². The molecule has 1 aliphatic rings. The van der Waals surface area contributed by atoms with Crippen LogP contribution in [0.2, 0.25) is 0 Å². The Morgan fingerprint density at radius 2 is 1.97 bits per heavy atom. The van der Waals surface area contributed by atoms with Crippen LogP contribution in [0.15, 0.2) is 54.9 Å². The van der Waals surface area contributed by atoms with Gasteiger partial charge < -0.3 is 4.90 Å². The van der Waals surface area contributed by atoms with E-state index in [2.05, 4.69) is 29.1 Å². The summed E-state index contributed by atoms with van der Waals surface area (Å²) in [6, 6.07) is 12.8. The third kappa shape index (κ3) is 3.46. The van der Waals surface area contributed by atoms with Crippen molar-refractivity contribution in [1.82, 2.24) is 24.9 Å². The van der Waals surface area contributed by atoms with E-state index in [4.69, 9.17) is 0 Å². The second kappa shape index (κ2) is 7.58. The van der Waals surface area contributed by atoms with Gasteiger partial charge in [0, 0.05) is 35.3 Å². The van der Waals surface area contributed by atoms with Crippen LogP contribution in [-0.4, -0.2) is 30.8 Å². The van der Waals surface area contributed by atoms with Crippen molar-refractivity contribution in [3.05, 3.63) is 88.8 Å². The Morgan fingerprint density at radius 1 is 1.13 bits per heavy atom. The van der Waals surface area contributed by atoms with Crippen molar-refractivity contribution in [3.63, 3.8) is 0 Å². The Balaban J connectivity index is 1.42. The average Bonchev–Trinajstić information content (AvgIpc) is 3.36. The van der Waals surface area contributed by atoms with Crippen LogP contribution in [0.5, 0.6) is 0 Å². The van der Waals surface area contributed by atoms with E-state index in [0.717, 1.165) is 33.3 Å². The highest BCUT2D eigenvalue weighted by Gasteiger charge is 2.29. The average molecular weight is 415 g/mol. The molecule has 0 bridgehead atoms. The topological polar surface area (TPSA) is 63.9 Å². The smallest absolute Gasteiger partial charge is 0.257 e. The van der Waals surface area contributed by atoms with Crippen molar-refractivity contribution >= 4 is 16.7 Å². The number of rotatable bonds is 4. The van der Waals surface area contributed by atoms with Crippen LogP contribution in [-0.2, 0) is 19.5 Å². The number of halogens is 1. The molecule has 0 saturated carbocycles. The number of fused-ring (bicyclic) bond motifs is 2. The van der Waals surface area contributed by atoms with Crippen LogP contribution >= 0.6 is 0 Å². The molecule has 2 aromatic carbocycles. The fraction of sp³-hybridized carbons (Fsp3) is 0.250. The Kier molecular flexibility index (Phi) is 4.73. The van der Waals surface area contributed by atoms with E-state index in [1.54, 1.807) is 29.4 Å². The molecule has 0 radical (unpaired) electrons. The van der Waals surface area contributed by atoms with Gasteiger partial charge in [-0.05, 0) is 31.5 Å². The largest absolute Gasteiger partial charge is 0.328 e. The third-order valence-corrected chi connectivity index (χ3v) is 5.74. The Morgan fingerprint density at radius 3 is 2.81 bits per heavy atom. The van der Waals surface area contributed by atoms with E-state index in [1.807, 2.05) is 28.9 Å². The lowest BCUT2D eigenvalue weighted by Gasteiger charge is -2.18. The number of carbonyl (C=O) groups excluding carboxylic acids is 1. The predicted octanol–water partition coefficient (Wildman–Crippen LogP) is 4.29. The number of carbonyl (C=O) groups is 1. The summed E-state index contributed by atoms with van der Waals surface area (Å²) in [6.07, 6.45) is 3.99. The van der Waals surface area contributed by atoms with Crippen LogP contribution in [0.25, 0.3) is 10.8 Å². The molecule has 0 atom stereocenters. The highest BCUT2D eigenvalue weighted by Crippen LogP contribution is 2.27. The van der Waals surface area contributed by atoms with Gasteiger partial charge in [-0.3, -0.25) is 9.48 Å². The van der Waals surface area contributed by atoms with Crippen LogP contribution < -0.4 is 0 Å². The van der Waals surface area contributed by atoms with E-state index in [0.29, 0.717) is 19.5 Å². The molecule has 0 aliphatic carbocycles. The summed E-state index contributed by atoms with van der Waals surface area (Å²) in [7, 11) is 0. The number of nitrogens with zero attached hydrogens (tertiary/aromatic N) is 5. The van der Waals surface area contributed by atoms with Crippen molar-refractivity contribution in [3.8, 4) is 0 Å². The minimum atomic E-state index is -0.515. The molecule has 0 fully saturated rings. The first-order chi connectivity index (χ1) is 15.0. The normalized spacial score (nSPS) is 13.2. The summed E-state index contributed by atoms with van der Waals surface area (Å²) < 4.78 is 16.6. The maximum atomic E-state index is 14.6. The summed E-state index contributed by atoms with van der Waals surface area (Å²) >= 11 is 0. The van der Waals surface area contributed by atoms with Gasteiger partial charge in [0.25, 0.3) is 5.91 Å². The molecule has 1 aliphatic heterocycles. The first kappa shape index (κ1) is 19.4. The lowest BCUT2D eigenvalue weighted by Crippen LogP contribution is -2.27. The zero-order chi connectivity index (χ0) is 21.5. The highest BCUT2D eigenvalue weighted by atomic mass is 19.1. The van der Waals surface area contributed by atoms with Gasteiger partial charge in [0.2, 0.25) is 0 Å². The number of hydrogen-bond donors (Lipinski definition) is 0. The standard InChI is InChI=1S/C24H22FN5O/c1-15(2)30-23-14-29(13-18(23)12-27-30)24(31)20-9-16(7-8-21(20)25)10-22-19-6-4-3-5-17(19)11-26-28-22/h3-9,11-12,15H,10,13-14H2,1-2H3. The second-order valence-corrected chi connectivity index (χ2v) is 8.19. The molecule has 0 N–H and O–H groups in total. The zero-order valence-corrected chi connectivity index (χ0v) is 17.4. The van der Waals surface area contributed by atoms with Crippen LogP contribution in [0.1, 0.15) is 52.8 Å². The highest BCUT2D eigenvalue weighted by molar-refractivity contribution is 5.95. The fourth-order valence-electron chi connectivity index (χ4n) is 4.19. The Bertz CT molecular complexity index is 1290. The molecule has 1 amide bonds. The molecule has 6 nitrogen and oxygen atoms in total. The molecule has 2 aromatic heterocycles. The fourth-order valence-corrected chi connectivity index (χ4v) is 4.19. The van der Waals surface area contributed by atoms with E-state index in [9.17, 15) is 9.18 Å². The van der Waals surface area contributed by atoms with Gasteiger partial charge in [-0.25, -0.2) is 4.39 Å². The molecule has 156 valence electrons.